The summed E-state index contributed by atoms with van der Waals surface area (Å²) in [6.07, 6.45) is 2.29. The van der Waals surface area contributed by atoms with E-state index in [1.54, 1.807) is 0 Å². The van der Waals surface area contributed by atoms with Gasteiger partial charge < -0.3 is 9.47 Å². The highest BCUT2D eigenvalue weighted by Gasteiger charge is 2.02. The van der Waals surface area contributed by atoms with E-state index in [1.165, 1.54) is 6.92 Å². The van der Waals surface area contributed by atoms with E-state index in [-0.39, 0.29) is 5.97 Å². The third-order valence-corrected chi connectivity index (χ3v) is 2.04. The molecule has 0 heterocycles. The van der Waals surface area contributed by atoms with Crippen LogP contribution in [-0.2, 0) is 14.3 Å². The lowest BCUT2D eigenvalue weighted by Crippen LogP contribution is -2.12. The van der Waals surface area contributed by atoms with Gasteiger partial charge in [-0.3, -0.25) is 4.79 Å². The molecule has 13 heavy (non-hydrogen) atoms. The molecule has 0 unspecified atom stereocenters. The molecule has 0 amide bonds. The van der Waals surface area contributed by atoms with Crippen molar-refractivity contribution in [3.8, 4) is 0 Å². The number of hydrogen-bond acceptors (Lipinski definition) is 3. The minimum atomic E-state index is -0.244. The molecule has 0 aliphatic carbocycles. The molecule has 0 aliphatic heterocycles. The average Bonchev–Trinajstić information content (AvgIpc) is 2.11. The first-order valence-corrected chi connectivity index (χ1v) is 4.91. The molecule has 0 spiro atoms. The summed E-state index contributed by atoms with van der Waals surface area (Å²) in [7, 11) is 0. The first kappa shape index (κ1) is 12.4. The highest BCUT2D eigenvalue weighted by atomic mass is 16.6. The van der Waals surface area contributed by atoms with E-state index in [2.05, 4.69) is 13.8 Å². The second-order valence-corrected chi connectivity index (χ2v) is 3.10. The lowest BCUT2D eigenvalue weighted by molar-refractivity contribution is -0.142. The van der Waals surface area contributed by atoms with Crippen LogP contribution in [0.1, 0.15) is 33.6 Å². The standard InChI is InChI=1S/C10H20O3/c1-4-10(5-2)8-12-6-7-13-9(3)11/h10H,4-8H2,1-3H3. The Bertz CT molecular complexity index is 130. The van der Waals surface area contributed by atoms with Crippen LogP contribution in [0.5, 0.6) is 0 Å². The molecule has 0 bridgehead atoms. The lowest BCUT2D eigenvalue weighted by atomic mass is 10.1. The SMILES string of the molecule is CCC(CC)COCCOC(C)=O. The molecular formula is C10H20O3. The van der Waals surface area contributed by atoms with Crippen molar-refractivity contribution in [1.29, 1.82) is 0 Å². The van der Waals surface area contributed by atoms with Gasteiger partial charge in [0, 0.05) is 13.5 Å². The molecular weight excluding hydrogens is 168 g/mol. The molecule has 0 atom stereocenters. The van der Waals surface area contributed by atoms with Crippen LogP contribution in [0.15, 0.2) is 0 Å². The van der Waals surface area contributed by atoms with Crippen LogP contribution >= 0.6 is 0 Å². The molecule has 0 N–H and O–H groups in total. The summed E-state index contributed by atoms with van der Waals surface area (Å²) in [5.41, 5.74) is 0. The highest BCUT2D eigenvalue weighted by molar-refractivity contribution is 5.65. The Hall–Kier alpha value is -0.570. The molecule has 3 heteroatoms. The van der Waals surface area contributed by atoms with E-state index in [9.17, 15) is 4.79 Å². The molecule has 3 nitrogen and oxygen atoms in total. The van der Waals surface area contributed by atoms with Gasteiger partial charge in [0.1, 0.15) is 6.61 Å². The van der Waals surface area contributed by atoms with Crippen LogP contribution in [0.2, 0.25) is 0 Å². The van der Waals surface area contributed by atoms with Crippen molar-refractivity contribution in [2.75, 3.05) is 19.8 Å². The topological polar surface area (TPSA) is 35.5 Å². The van der Waals surface area contributed by atoms with Crippen molar-refractivity contribution in [3.05, 3.63) is 0 Å². The number of esters is 1. The number of hydrogen-bond donors (Lipinski definition) is 0. The van der Waals surface area contributed by atoms with Crippen LogP contribution < -0.4 is 0 Å². The zero-order valence-corrected chi connectivity index (χ0v) is 8.84. The summed E-state index contributed by atoms with van der Waals surface area (Å²) in [6.45, 7) is 7.37. The van der Waals surface area contributed by atoms with Gasteiger partial charge in [0.15, 0.2) is 0 Å². The first-order valence-electron chi connectivity index (χ1n) is 4.91. The molecule has 78 valence electrons. The Morgan fingerprint density at radius 2 is 1.85 bits per heavy atom. The molecule has 0 fully saturated rings. The van der Waals surface area contributed by atoms with Crippen LogP contribution in [0.3, 0.4) is 0 Å². The summed E-state index contributed by atoms with van der Waals surface area (Å²) in [5.74, 6) is 0.392. The molecule has 0 radical (unpaired) electrons. The van der Waals surface area contributed by atoms with Crippen molar-refractivity contribution in [3.63, 3.8) is 0 Å². The van der Waals surface area contributed by atoms with Gasteiger partial charge >= 0.3 is 5.97 Å². The average molecular weight is 188 g/mol. The molecule has 0 saturated heterocycles. The van der Waals surface area contributed by atoms with Gasteiger partial charge in [-0.15, -0.1) is 0 Å². The molecule has 0 aromatic carbocycles. The van der Waals surface area contributed by atoms with E-state index in [1.807, 2.05) is 0 Å². The molecule has 0 saturated carbocycles. The molecule has 0 aromatic rings. The number of carbonyl (C=O) groups excluding carboxylic acids is 1. The third kappa shape index (κ3) is 7.78. The maximum atomic E-state index is 10.4. The fraction of sp³-hybridized carbons (Fsp3) is 0.900. The minimum Gasteiger partial charge on any atom is -0.463 e. The van der Waals surface area contributed by atoms with Crippen LogP contribution in [0, 0.1) is 5.92 Å². The Morgan fingerprint density at radius 3 is 2.31 bits per heavy atom. The summed E-state index contributed by atoms with van der Waals surface area (Å²) in [5, 5.41) is 0. The third-order valence-electron chi connectivity index (χ3n) is 2.04. The number of carbonyl (C=O) groups is 1. The second-order valence-electron chi connectivity index (χ2n) is 3.10. The van der Waals surface area contributed by atoms with Crippen molar-refractivity contribution >= 4 is 5.97 Å². The molecule has 0 aliphatic rings. The maximum absolute atomic E-state index is 10.4. The zero-order chi connectivity index (χ0) is 10.1. The molecule has 0 rings (SSSR count). The highest BCUT2D eigenvalue weighted by Crippen LogP contribution is 2.06. The second kappa shape index (κ2) is 8.05. The maximum Gasteiger partial charge on any atom is 0.302 e. The van der Waals surface area contributed by atoms with Crippen molar-refractivity contribution in [2.45, 2.75) is 33.6 Å². The van der Waals surface area contributed by atoms with Crippen molar-refractivity contribution in [1.82, 2.24) is 0 Å². The minimum absolute atomic E-state index is 0.244. The van der Waals surface area contributed by atoms with Gasteiger partial charge in [-0.25, -0.2) is 0 Å². The van der Waals surface area contributed by atoms with E-state index in [4.69, 9.17) is 9.47 Å². The van der Waals surface area contributed by atoms with Crippen molar-refractivity contribution in [2.24, 2.45) is 5.92 Å². The number of ether oxygens (including phenoxy) is 2. The summed E-state index contributed by atoms with van der Waals surface area (Å²) in [4.78, 5) is 10.4. The monoisotopic (exact) mass is 188 g/mol. The quantitative estimate of drug-likeness (QED) is 0.453. The Labute approximate surface area is 80.4 Å². The fourth-order valence-electron chi connectivity index (χ4n) is 1.02. The van der Waals surface area contributed by atoms with E-state index < -0.39 is 0 Å². The van der Waals surface area contributed by atoms with Gasteiger partial charge in [0.05, 0.1) is 6.61 Å². The predicted molar refractivity (Wildman–Crippen MR) is 51.5 cm³/mol. The largest absolute Gasteiger partial charge is 0.463 e. The van der Waals surface area contributed by atoms with Gasteiger partial charge in [0.25, 0.3) is 0 Å². The number of rotatable bonds is 7. The van der Waals surface area contributed by atoms with E-state index in [0.29, 0.717) is 19.1 Å². The van der Waals surface area contributed by atoms with Crippen LogP contribution in [0.4, 0.5) is 0 Å². The summed E-state index contributed by atoms with van der Waals surface area (Å²) < 4.78 is 10.1. The van der Waals surface area contributed by atoms with Crippen LogP contribution in [-0.4, -0.2) is 25.8 Å². The Balaban J connectivity index is 3.19. The normalized spacial score (nSPS) is 10.5. The Morgan fingerprint density at radius 1 is 1.23 bits per heavy atom. The lowest BCUT2D eigenvalue weighted by Gasteiger charge is -2.12. The Kier molecular flexibility index (Phi) is 7.69. The van der Waals surface area contributed by atoms with E-state index in [0.717, 1.165) is 19.4 Å². The van der Waals surface area contributed by atoms with E-state index >= 15 is 0 Å². The summed E-state index contributed by atoms with van der Waals surface area (Å²) in [6, 6.07) is 0. The smallest absolute Gasteiger partial charge is 0.302 e. The van der Waals surface area contributed by atoms with Gasteiger partial charge in [0.2, 0.25) is 0 Å². The van der Waals surface area contributed by atoms with Crippen LogP contribution in [0.25, 0.3) is 0 Å². The predicted octanol–water partition coefficient (Wildman–Crippen LogP) is 2.00. The van der Waals surface area contributed by atoms with Gasteiger partial charge in [-0.1, -0.05) is 26.7 Å². The fourth-order valence-corrected chi connectivity index (χ4v) is 1.02. The van der Waals surface area contributed by atoms with Gasteiger partial charge in [-0.2, -0.15) is 0 Å². The van der Waals surface area contributed by atoms with Crippen molar-refractivity contribution < 1.29 is 14.3 Å². The van der Waals surface area contributed by atoms with Gasteiger partial charge in [-0.05, 0) is 5.92 Å². The molecule has 0 aromatic heterocycles. The zero-order valence-electron chi connectivity index (χ0n) is 8.84. The first-order chi connectivity index (χ1) is 6.20. The summed E-state index contributed by atoms with van der Waals surface area (Å²) >= 11 is 0.